The van der Waals surface area contributed by atoms with Crippen molar-refractivity contribution in [2.24, 2.45) is 5.10 Å². The number of hydrogen-bond acceptors (Lipinski definition) is 2. The molecule has 4 aromatic rings. The Labute approximate surface area is 159 Å². The van der Waals surface area contributed by atoms with Crippen LogP contribution in [-0.2, 0) is 0 Å². The van der Waals surface area contributed by atoms with Gasteiger partial charge in [-0.05, 0) is 34.0 Å². The molecule has 1 heterocycles. The molecule has 0 fully saturated rings. The topological polar surface area (TPSA) is 15.6 Å². The minimum Gasteiger partial charge on any atom is -0.264 e. The molecule has 1 unspecified atom stereocenters. The Morgan fingerprint density at radius 2 is 1.33 bits per heavy atom. The van der Waals surface area contributed by atoms with Crippen molar-refractivity contribution in [2.45, 2.75) is 5.92 Å². The van der Waals surface area contributed by atoms with E-state index in [1.54, 1.807) is 0 Å². The van der Waals surface area contributed by atoms with Crippen LogP contribution in [0.15, 0.2) is 108 Å². The van der Waals surface area contributed by atoms with E-state index < -0.39 is 0 Å². The van der Waals surface area contributed by atoms with E-state index in [0.29, 0.717) is 0 Å². The average molecular weight is 348 g/mol. The second-order valence-electron chi connectivity index (χ2n) is 6.89. The highest BCUT2D eigenvalue weighted by atomic mass is 15.5. The standard InChI is InChI=1S/C25H20N2/c1-3-11-20(12-4-1)25-24(18-27(26-25)21-14-5-2-6-15-21)23-17-9-13-19-10-7-8-16-22(19)23/h1-17,24H,18H2. The number of hydrazone groups is 1. The van der Waals surface area contributed by atoms with E-state index in [9.17, 15) is 0 Å². The predicted molar refractivity (Wildman–Crippen MR) is 113 cm³/mol. The molecule has 0 radical (unpaired) electrons. The van der Waals surface area contributed by atoms with Crippen LogP contribution in [0.1, 0.15) is 17.0 Å². The lowest BCUT2D eigenvalue weighted by molar-refractivity contribution is 0.855. The van der Waals surface area contributed by atoms with Gasteiger partial charge in [-0.15, -0.1) is 0 Å². The minimum absolute atomic E-state index is 0.235. The van der Waals surface area contributed by atoms with E-state index in [0.717, 1.165) is 17.9 Å². The van der Waals surface area contributed by atoms with E-state index in [4.69, 9.17) is 5.10 Å². The summed E-state index contributed by atoms with van der Waals surface area (Å²) >= 11 is 0. The summed E-state index contributed by atoms with van der Waals surface area (Å²) in [6.07, 6.45) is 0. The Morgan fingerprint density at radius 1 is 0.667 bits per heavy atom. The summed E-state index contributed by atoms with van der Waals surface area (Å²) < 4.78 is 0. The first kappa shape index (κ1) is 15.8. The van der Waals surface area contributed by atoms with Gasteiger partial charge in [0, 0.05) is 5.92 Å². The molecule has 27 heavy (non-hydrogen) atoms. The van der Waals surface area contributed by atoms with Crippen molar-refractivity contribution in [3.63, 3.8) is 0 Å². The molecule has 130 valence electrons. The van der Waals surface area contributed by atoms with Crippen molar-refractivity contribution in [3.8, 4) is 0 Å². The smallest absolute Gasteiger partial charge is 0.0775 e. The highest BCUT2D eigenvalue weighted by Crippen LogP contribution is 2.35. The van der Waals surface area contributed by atoms with Crippen LogP contribution in [0.5, 0.6) is 0 Å². The van der Waals surface area contributed by atoms with Gasteiger partial charge in [0.25, 0.3) is 0 Å². The third kappa shape index (κ3) is 2.89. The summed E-state index contributed by atoms with van der Waals surface area (Å²) in [4.78, 5) is 0. The molecule has 1 aliphatic heterocycles. The molecule has 0 aliphatic carbocycles. The van der Waals surface area contributed by atoms with Gasteiger partial charge in [-0.25, -0.2) is 0 Å². The number of rotatable bonds is 3. The summed E-state index contributed by atoms with van der Waals surface area (Å²) in [6, 6.07) is 36.2. The van der Waals surface area contributed by atoms with Gasteiger partial charge in [0.05, 0.1) is 17.9 Å². The summed E-state index contributed by atoms with van der Waals surface area (Å²) in [5.41, 5.74) is 4.80. The quantitative estimate of drug-likeness (QED) is 0.453. The molecule has 0 spiro atoms. The van der Waals surface area contributed by atoms with E-state index in [2.05, 4.69) is 102 Å². The zero-order valence-corrected chi connectivity index (χ0v) is 15.0. The molecule has 4 aromatic carbocycles. The fraction of sp³-hybridized carbons (Fsp3) is 0.0800. The normalized spacial score (nSPS) is 16.5. The molecular formula is C25H20N2. The fourth-order valence-corrected chi connectivity index (χ4v) is 3.93. The number of hydrogen-bond donors (Lipinski definition) is 0. The number of fused-ring (bicyclic) bond motifs is 1. The first-order chi connectivity index (χ1) is 13.4. The van der Waals surface area contributed by atoms with E-state index in [1.807, 2.05) is 6.07 Å². The first-order valence-electron chi connectivity index (χ1n) is 9.34. The van der Waals surface area contributed by atoms with Gasteiger partial charge in [0.1, 0.15) is 0 Å². The molecular weight excluding hydrogens is 328 g/mol. The Morgan fingerprint density at radius 3 is 2.15 bits per heavy atom. The Bertz CT molecular complexity index is 1100. The van der Waals surface area contributed by atoms with Crippen molar-refractivity contribution < 1.29 is 0 Å². The van der Waals surface area contributed by atoms with Crippen molar-refractivity contribution >= 4 is 22.2 Å². The maximum Gasteiger partial charge on any atom is 0.0775 e. The summed E-state index contributed by atoms with van der Waals surface area (Å²) in [5.74, 6) is 0.235. The van der Waals surface area contributed by atoms with Crippen LogP contribution in [0.3, 0.4) is 0 Å². The second kappa shape index (κ2) is 6.73. The maximum absolute atomic E-state index is 5.04. The summed E-state index contributed by atoms with van der Waals surface area (Å²) in [6.45, 7) is 0.849. The molecule has 0 saturated carbocycles. The number of anilines is 1. The highest BCUT2D eigenvalue weighted by Gasteiger charge is 2.30. The Hall–Kier alpha value is -3.39. The molecule has 0 bridgehead atoms. The van der Waals surface area contributed by atoms with Crippen LogP contribution in [-0.4, -0.2) is 12.3 Å². The fourth-order valence-electron chi connectivity index (χ4n) is 3.93. The van der Waals surface area contributed by atoms with Crippen LogP contribution >= 0.6 is 0 Å². The number of nitrogens with zero attached hydrogens (tertiary/aromatic N) is 2. The molecule has 2 nitrogen and oxygen atoms in total. The molecule has 2 heteroatoms. The van der Waals surface area contributed by atoms with E-state index >= 15 is 0 Å². The van der Waals surface area contributed by atoms with Crippen molar-refractivity contribution in [1.29, 1.82) is 0 Å². The SMILES string of the molecule is c1ccc(C2=NN(c3ccccc3)CC2c2cccc3ccccc23)cc1. The second-order valence-corrected chi connectivity index (χ2v) is 6.89. The van der Waals surface area contributed by atoms with Crippen LogP contribution in [0.4, 0.5) is 5.69 Å². The lowest BCUT2D eigenvalue weighted by atomic mass is 9.87. The van der Waals surface area contributed by atoms with Crippen LogP contribution in [0, 0.1) is 0 Å². The third-order valence-corrected chi connectivity index (χ3v) is 5.24. The average Bonchev–Trinajstić information content (AvgIpc) is 3.20. The molecule has 0 aromatic heterocycles. The lowest BCUT2D eigenvalue weighted by Gasteiger charge is -2.18. The van der Waals surface area contributed by atoms with Gasteiger partial charge in [-0.3, -0.25) is 5.01 Å². The van der Waals surface area contributed by atoms with Crippen molar-refractivity contribution in [2.75, 3.05) is 11.6 Å². The molecule has 5 rings (SSSR count). The van der Waals surface area contributed by atoms with Gasteiger partial charge in [-0.2, -0.15) is 5.10 Å². The molecule has 1 atom stereocenters. The van der Waals surface area contributed by atoms with E-state index in [-0.39, 0.29) is 5.92 Å². The monoisotopic (exact) mass is 348 g/mol. The molecule has 0 saturated heterocycles. The maximum atomic E-state index is 5.04. The van der Waals surface area contributed by atoms with Crippen LogP contribution in [0.25, 0.3) is 10.8 Å². The number of benzene rings is 4. The molecule has 1 aliphatic rings. The first-order valence-corrected chi connectivity index (χ1v) is 9.34. The summed E-state index contributed by atoms with van der Waals surface area (Å²) in [7, 11) is 0. The van der Waals surface area contributed by atoms with Crippen molar-refractivity contribution in [3.05, 3.63) is 114 Å². The van der Waals surface area contributed by atoms with Crippen molar-refractivity contribution in [1.82, 2.24) is 0 Å². The Kier molecular flexibility index (Phi) is 3.95. The van der Waals surface area contributed by atoms with Gasteiger partial charge in [0.15, 0.2) is 0 Å². The Balaban J connectivity index is 1.65. The zero-order chi connectivity index (χ0) is 18.1. The van der Waals surface area contributed by atoms with E-state index in [1.165, 1.54) is 21.9 Å². The van der Waals surface area contributed by atoms with Gasteiger partial charge < -0.3 is 0 Å². The largest absolute Gasteiger partial charge is 0.264 e. The summed E-state index contributed by atoms with van der Waals surface area (Å²) in [5, 5.41) is 9.76. The highest BCUT2D eigenvalue weighted by molar-refractivity contribution is 6.09. The van der Waals surface area contributed by atoms with Gasteiger partial charge >= 0.3 is 0 Å². The van der Waals surface area contributed by atoms with Crippen LogP contribution < -0.4 is 5.01 Å². The van der Waals surface area contributed by atoms with Gasteiger partial charge in [-0.1, -0.05) is 91.0 Å². The minimum atomic E-state index is 0.235. The lowest BCUT2D eigenvalue weighted by Crippen LogP contribution is -2.18. The number of para-hydroxylation sites is 1. The third-order valence-electron chi connectivity index (χ3n) is 5.24. The van der Waals surface area contributed by atoms with Gasteiger partial charge in [0.2, 0.25) is 0 Å². The van der Waals surface area contributed by atoms with Crippen LogP contribution in [0.2, 0.25) is 0 Å². The predicted octanol–water partition coefficient (Wildman–Crippen LogP) is 5.85. The molecule has 0 N–H and O–H groups in total. The molecule has 0 amide bonds. The zero-order valence-electron chi connectivity index (χ0n) is 15.0.